The van der Waals surface area contributed by atoms with Gasteiger partial charge in [-0.2, -0.15) is 0 Å². The summed E-state index contributed by atoms with van der Waals surface area (Å²) in [5, 5.41) is 38.8. The molecular weight excluding hydrogens is 1180 g/mol. The molecule has 0 amide bonds. The molecule has 0 aliphatic carbocycles. The number of carbonyl (C=O) groups is 4. The molecule has 8 aromatic rings. The summed E-state index contributed by atoms with van der Waals surface area (Å²) in [5.41, 5.74) is 0.993. The second-order valence-electron chi connectivity index (χ2n) is 21.3. The molecule has 0 aliphatic rings. The Labute approximate surface area is 541 Å². The fourth-order valence-electron chi connectivity index (χ4n) is 6.27. The third kappa shape index (κ3) is 38.5. The smallest absolute Gasteiger partial charge is 0.374 e. The Morgan fingerprint density at radius 2 is 0.565 bits per heavy atom. The lowest BCUT2D eigenvalue weighted by Crippen LogP contribution is -2.26. The molecular formula is C72H96O20. The summed E-state index contributed by atoms with van der Waals surface area (Å²) in [7, 11) is 0. The van der Waals surface area contributed by atoms with Crippen LogP contribution in [0, 0.1) is 11.8 Å². The van der Waals surface area contributed by atoms with Crippen LogP contribution in [0.1, 0.15) is 138 Å². The lowest BCUT2D eigenvalue weighted by atomic mass is 9.86. The minimum absolute atomic E-state index is 0.0402. The number of ether oxygens (including phenoxy) is 8. The minimum Gasteiger partial charge on any atom is -0.491 e. The number of hydrogen-bond donors (Lipinski definition) is 4. The van der Waals surface area contributed by atoms with E-state index in [4.69, 9.17) is 55.6 Å². The molecule has 0 bridgehead atoms. The van der Waals surface area contributed by atoms with Crippen molar-refractivity contribution >= 4 is 23.9 Å². The van der Waals surface area contributed by atoms with Gasteiger partial charge < -0.3 is 76.0 Å². The summed E-state index contributed by atoms with van der Waals surface area (Å²) in [6, 6.07) is 47.3. The van der Waals surface area contributed by atoms with Crippen molar-refractivity contribution in [3.63, 3.8) is 0 Å². The number of furan rings is 4. The van der Waals surface area contributed by atoms with E-state index in [2.05, 4.69) is 62.3 Å². The van der Waals surface area contributed by atoms with E-state index in [1.807, 2.05) is 107 Å². The van der Waals surface area contributed by atoms with Crippen molar-refractivity contribution in [3.8, 4) is 23.0 Å². The number of aliphatic hydroxyl groups excluding tert-OH is 4. The number of benzene rings is 4. The second-order valence-corrected chi connectivity index (χ2v) is 21.3. The van der Waals surface area contributed by atoms with Crippen LogP contribution in [0.2, 0.25) is 0 Å². The Morgan fingerprint density at radius 3 is 0.793 bits per heavy atom. The summed E-state index contributed by atoms with van der Waals surface area (Å²) < 4.78 is 60.8. The zero-order valence-corrected chi connectivity index (χ0v) is 55.3. The van der Waals surface area contributed by atoms with Gasteiger partial charge in [0.15, 0.2) is 0 Å². The topological polar surface area (TPSA) is 276 Å². The molecule has 4 heterocycles. The third-order valence-corrected chi connectivity index (χ3v) is 10.2. The number of hydrogen-bond acceptors (Lipinski definition) is 20. The van der Waals surface area contributed by atoms with Gasteiger partial charge in [-0.25, -0.2) is 19.2 Å². The van der Waals surface area contributed by atoms with E-state index in [1.54, 1.807) is 60.7 Å². The van der Waals surface area contributed by atoms with Crippen molar-refractivity contribution in [1.82, 2.24) is 0 Å². The Morgan fingerprint density at radius 1 is 0.337 bits per heavy atom. The molecule has 4 N–H and O–H groups in total. The van der Waals surface area contributed by atoms with Crippen molar-refractivity contribution in [2.75, 3.05) is 52.9 Å². The van der Waals surface area contributed by atoms with Gasteiger partial charge in [0.2, 0.25) is 23.0 Å². The highest BCUT2D eigenvalue weighted by atomic mass is 16.6. The Balaban J connectivity index is 0.000000580. The standard InChI is InChI=1S/C18H22O5.3C14H14O5.2C4H10.2C2H6/c1-18(2,3)14-7-4-5-8-15(14)22-11-13(19)12-23-17(20)16-9-6-10-21-16;3*15-11(9-18-12-5-2-1-3-6-12)10-19-14(16)13-7-4-8-17-13;2*1-4(2)3;2*1-2/h4-10,13,19H,11-12H2,1-3H3;3*1-8,11,15H,9-10H2;2*4H,1-3H3;2*1-2H3. The van der Waals surface area contributed by atoms with E-state index in [1.165, 1.54) is 49.3 Å². The van der Waals surface area contributed by atoms with Gasteiger partial charge in [-0.3, -0.25) is 0 Å². The largest absolute Gasteiger partial charge is 0.491 e. The number of carbonyl (C=O) groups excluding carboxylic acids is 4. The molecule has 92 heavy (non-hydrogen) atoms. The van der Waals surface area contributed by atoms with Crippen molar-refractivity contribution < 1.29 is 95.2 Å². The summed E-state index contributed by atoms with van der Waals surface area (Å²) in [6.45, 7) is 26.9. The maximum atomic E-state index is 11.6. The summed E-state index contributed by atoms with van der Waals surface area (Å²) in [4.78, 5) is 45.9. The molecule has 4 unspecified atom stereocenters. The SMILES string of the molecule is CC.CC.CC(C)(C)c1ccccc1OCC(O)COC(=O)c1ccco1.CC(C)C.CC(C)C.O=C(OCC(O)COc1ccccc1)c1ccco1.O=C(OCC(O)COc1ccccc1)c1ccco1.O=C(OCC(O)COc1ccccc1)c1ccco1. The molecule has 4 aromatic heterocycles. The fraction of sp³-hybridized carbons (Fsp3) is 0.389. The van der Waals surface area contributed by atoms with E-state index >= 15 is 0 Å². The van der Waals surface area contributed by atoms with Crippen LogP contribution in [-0.2, 0) is 24.4 Å². The van der Waals surface area contributed by atoms with E-state index in [9.17, 15) is 39.6 Å². The van der Waals surface area contributed by atoms with Crippen molar-refractivity contribution in [1.29, 1.82) is 0 Å². The third-order valence-electron chi connectivity index (χ3n) is 10.2. The molecule has 0 aliphatic heterocycles. The van der Waals surface area contributed by atoms with Gasteiger partial charge in [-0.15, -0.1) is 0 Å². The average Bonchev–Trinajstić information content (AvgIpc) is 1.37. The first-order chi connectivity index (χ1) is 44.1. The normalized spacial score (nSPS) is 11.4. The van der Waals surface area contributed by atoms with Gasteiger partial charge >= 0.3 is 23.9 Å². The molecule has 4 aromatic carbocycles. The molecule has 0 saturated heterocycles. The molecule has 0 spiro atoms. The zero-order chi connectivity index (χ0) is 68.5. The lowest BCUT2D eigenvalue weighted by molar-refractivity contribution is 0.0102. The number of para-hydroxylation sites is 4. The summed E-state index contributed by atoms with van der Waals surface area (Å²) >= 11 is 0. The predicted octanol–water partition coefficient (Wildman–Crippen LogP) is 14.2. The van der Waals surface area contributed by atoms with Gasteiger partial charge in [0.25, 0.3) is 0 Å². The molecule has 504 valence electrons. The number of esters is 4. The van der Waals surface area contributed by atoms with Gasteiger partial charge in [-0.05, 0) is 114 Å². The van der Waals surface area contributed by atoms with Crippen LogP contribution in [0.3, 0.4) is 0 Å². The predicted molar refractivity (Wildman–Crippen MR) is 350 cm³/mol. The average molecular weight is 1280 g/mol. The van der Waals surface area contributed by atoms with E-state index in [-0.39, 0.29) is 81.3 Å². The van der Waals surface area contributed by atoms with Crippen LogP contribution < -0.4 is 18.9 Å². The summed E-state index contributed by atoms with van der Waals surface area (Å²) in [5.74, 6) is 2.34. The zero-order valence-electron chi connectivity index (χ0n) is 55.3. The quantitative estimate of drug-likeness (QED) is 0.0323. The van der Waals surface area contributed by atoms with Crippen molar-refractivity contribution in [3.05, 3.63) is 217 Å². The first-order valence-electron chi connectivity index (χ1n) is 30.4. The molecule has 0 radical (unpaired) electrons. The fourth-order valence-corrected chi connectivity index (χ4v) is 6.27. The lowest BCUT2D eigenvalue weighted by Gasteiger charge is -2.23. The number of rotatable bonds is 24. The number of aliphatic hydroxyl groups is 4. The van der Waals surface area contributed by atoms with E-state index in [0.717, 1.165) is 23.1 Å². The van der Waals surface area contributed by atoms with Crippen molar-refractivity contribution in [2.24, 2.45) is 11.8 Å². The van der Waals surface area contributed by atoms with Crippen LogP contribution in [0.25, 0.3) is 0 Å². The van der Waals surface area contributed by atoms with Crippen LogP contribution in [0.4, 0.5) is 0 Å². The first kappa shape index (κ1) is 80.9. The van der Waals surface area contributed by atoms with Gasteiger partial charge in [0.05, 0.1) is 25.1 Å². The van der Waals surface area contributed by atoms with Gasteiger partial charge in [0, 0.05) is 0 Å². The van der Waals surface area contributed by atoms with E-state index < -0.39 is 48.3 Å². The van der Waals surface area contributed by atoms with Crippen molar-refractivity contribution in [2.45, 2.75) is 120 Å². The molecule has 8 rings (SSSR count). The van der Waals surface area contributed by atoms with Crippen LogP contribution in [0.15, 0.2) is 207 Å². The van der Waals surface area contributed by atoms with Crippen LogP contribution in [0.5, 0.6) is 23.0 Å². The first-order valence-corrected chi connectivity index (χ1v) is 30.4. The second kappa shape index (κ2) is 48.7. The van der Waals surface area contributed by atoms with Gasteiger partial charge in [-0.1, -0.05) is 163 Å². The maximum absolute atomic E-state index is 11.6. The molecule has 0 saturated carbocycles. The highest BCUT2D eigenvalue weighted by Gasteiger charge is 2.21. The molecule has 4 atom stereocenters. The van der Waals surface area contributed by atoms with Crippen LogP contribution >= 0.6 is 0 Å². The van der Waals surface area contributed by atoms with Crippen LogP contribution in [-0.4, -0.2) is 122 Å². The summed E-state index contributed by atoms with van der Waals surface area (Å²) in [6.07, 6.45) is 1.95. The highest BCUT2D eigenvalue weighted by molar-refractivity contribution is 5.87. The maximum Gasteiger partial charge on any atom is 0.374 e. The van der Waals surface area contributed by atoms with Gasteiger partial charge in [0.1, 0.15) is 100 Å². The minimum atomic E-state index is -0.915. The Hall–Kier alpha value is -9.08. The molecule has 20 heteroatoms. The Bertz CT molecular complexity index is 2770. The Kier molecular flexibility index (Phi) is 42.9. The molecule has 0 fully saturated rings. The monoisotopic (exact) mass is 1280 g/mol. The molecule has 20 nitrogen and oxygen atoms in total. The highest BCUT2D eigenvalue weighted by Crippen LogP contribution is 2.31. The van der Waals surface area contributed by atoms with E-state index in [0.29, 0.717) is 17.2 Å².